The normalized spacial score (nSPS) is 15.6. The summed E-state index contributed by atoms with van der Waals surface area (Å²) in [5, 5.41) is 0.855. The van der Waals surface area contributed by atoms with Gasteiger partial charge < -0.3 is 5.73 Å². The van der Waals surface area contributed by atoms with E-state index in [4.69, 9.17) is 28.9 Å². The second-order valence-corrected chi connectivity index (χ2v) is 7.28. The molecule has 0 saturated heterocycles. The van der Waals surface area contributed by atoms with Crippen LogP contribution in [0.2, 0.25) is 10.0 Å². The summed E-state index contributed by atoms with van der Waals surface area (Å²) in [7, 11) is -1.27. The minimum absolute atomic E-state index is 0.0939. The highest BCUT2D eigenvalue weighted by atomic mass is 35.5. The van der Waals surface area contributed by atoms with Gasteiger partial charge in [0.15, 0.2) is 0 Å². The van der Waals surface area contributed by atoms with Crippen LogP contribution in [0.1, 0.15) is 20.8 Å². The van der Waals surface area contributed by atoms with Gasteiger partial charge in [-0.3, -0.25) is 4.21 Å². The van der Waals surface area contributed by atoms with E-state index in [1.54, 1.807) is 18.2 Å². The Morgan fingerprint density at radius 2 is 1.76 bits per heavy atom. The third kappa shape index (κ3) is 3.95. The number of hydrogen-bond acceptors (Lipinski definition) is 2. The van der Waals surface area contributed by atoms with E-state index in [1.807, 2.05) is 20.8 Å². The molecule has 0 aliphatic carbocycles. The van der Waals surface area contributed by atoms with Crippen molar-refractivity contribution in [2.75, 3.05) is 5.75 Å². The van der Waals surface area contributed by atoms with Crippen LogP contribution < -0.4 is 5.73 Å². The topological polar surface area (TPSA) is 43.1 Å². The third-order valence-corrected chi connectivity index (χ3v) is 5.00. The smallest absolute Gasteiger partial charge is 0.0760 e. The van der Waals surface area contributed by atoms with Crippen molar-refractivity contribution in [1.82, 2.24) is 0 Å². The van der Waals surface area contributed by atoms with Crippen molar-refractivity contribution in [2.45, 2.75) is 31.7 Å². The lowest BCUT2D eigenvalue weighted by atomic mass is 9.89. The van der Waals surface area contributed by atoms with Crippen molar-refractivity contribution in [1.29, 1.82) is 0 Å². The van der Waals surface area contributed by atoms with Crippen LogP contribution in [0, 0.1) is 5.41 Å². The highest BCUT2D eigenvalue weighted by Crippen LogP contribution is 2.29. The summed E-state index contributed by atoms with van der Waals surface area (Å²) in [6.45, 7) is 6.05. The summed E-state index contributed by atoms with van der Waals surface area (Å²) in [6, 6.07) is 4.93. The lowest BCUT2D eigenvalue weighted by molar-refractivity contribution is 0.342. The average molecular weight is 294 g/mol. The Bertz CT molecular complexity index is 409. The Hall–Kier alpha value is -0.0900. The number of benzene rings is 1. The standard InChI is InChI=1S/C12H17Cl2NOS/c1-12(2,3)10(15)7-17(16)11-8(13)5-4-6-9(11)14/h4-6,10H,7,15H2,1-3H3. The highest BCUT2D eigenvalue weighted by molar-refractivity contribution is 7.85. The molecule has 0 radical (unpaired) electrons. The first-order chi connectivity index (χ1) is 7.73. The van der Waals surface area contributed by atoms with Gasteiger partial charge >= 0.3 is 0 Å². The number of hydrogen-bond donors (Lipinski definition) is 1. The highest BCUT2D eigenvalue weighted by Gasteiger charge is 2.24. The van der Waals surface area contributed by atoms with Crippen LogP contribution in [0.15, 0.2) is 23.1 Å². The summed E-state index contributed by atoms with van der Waals surface area (Å²) in [4.78, 5) is 0.482. The lowest BCUT2D eigenvalue weighted by Crippen LogP contribution is -2.39. The molecule has 1 rings (SSSR count). The van der Waals surface area contributed by atoms with Gasteiger partial charge in [0.2, 0.25) is 0 Å². The molecule has 2 atom stereocenters. The minimum atomic E-state index is -1.27. The molecule has 96 valence electrons. The van der Waals surface area contributed by atoms with E-state index >= 15 is 0 Å². The molecule has 1 aromatic rings. The Balaban J connectivity index is 2.92. The molecule has 0 saturated carbocycles. The third-order valence-electron chi connectivity index (χ3n) is 2.59. The molecule has 1 aromatic carbocycles. The van der Waals surface area contributed by atoms with E-state index in [2.05, 4.69) is 0 Å². The maximum absolute atomic E-state index is 12.2. The molecule has 0 aliphatic heterocycles. The first kappa shape index (κ1) is 15.0. The summed E-state index contributed by atoms with van der Waals surface area (Å²) in [6.07, 6.45) is 0. The minimum Gasteiger partial charge on any atom is -0.326 e. The van der Waals surface area contributed by atoms with Crippen molar-refractivity contribution in [3.05, 3.63) is 28.2 Å². The van der Waals surface area contributed by atoms with E-state index in [0.717, 1.165) is 0 Å². The van der Waals surface area contributed by atoms with Crippen molar-refractivity contribution < 1.29 is 4.21 Å². The van der Waals surface area contributed by atoms with Gasteiger partial charge in [-0.1, -0.05) is 50.0 Å². The maximum atomic E-state index is 12.2. The average Bonchev–Trinajstić information content (AvgIpc) is 2.15. The molecule has 2 nitrogen and oxygen atoms in total. The Kier molecular flexibility index (Phi) is 5.02. The Morgan fingerprint density at radius 3 is 2.18 bits per heavy atom. The van der Waals surface area contributed by atoms with E-state index in [1.165, 1.54) is 0 Å². The van der Waals surface area contributed by atoms with E-state index in [-0.39, 0.29) is 11.5 Å². The van der Waals surface area contributed by atoms with Gasteiger partial charge in [0, 0.05) is 11.8 Å². The van der Waals surface area contributed by atoms with Crippen molar-refractivity contribution in [3.63, 3.8) is 0 Å². The number of rotatable bonds is 3. The van der Waals surface area contributed by atoms with E-state index in [0.29, 0.717) is 20.7 Å². The SMILES string of the molecule is CC(C)(C)C(N)CS(=O)c1c(Cl)cccc1Cl. The van der Waals surface area contributed by atoms with Crippen molar-refractivity contribution in [2.24, 2.45) is 11.1 Å². The van der Waals surface area contributed by atoms with Gasteiger partial charge in [-0.2, -0.15) is 0 Å². The zero-order valence-electron chi connectivity index (χ0n) is 10.2. The maximum Gasteiger partial charge on any atom is 0.0760 e. The van der Waals surface area contributed by atoms with Crippen molar-refractivity contribution in [3.8, 4) is 0 Å². The molecule has 0 amide bonds. The summed E-state index contributed by atoms with van der Waals surface area (Å²) >= 11 is 12.0. The van der Waals surface area contributed by atoms with Crippen LogP contribution >= 0.6 is 23.2 Å². The van der Waals surface area contributed by atoms with E-state index < -0.39 is 10.8 Å². The van der Waals surface area contributed by atoms with Gasteiger partial charge in [-0.05, 0) is 17.5 Å². The van der Waals surface area contributed by atoms with Crippen LogP contribution in [0.25, 0.3) is 0 Å². The molecular weight excluding hydrogens is 277 g/mol. The zero-order valence-corrected chi connectivity index (χ0v) is 12.5. The van der Waals surface area contributed by atoms with Gasteiger partial charge in [0.25, 0.3) is 0 Å². The Morgan fingerprint density at radius 1 is 1.29 bits per heavy atom. The van der Waals surface area contributed by atoms with E-state index in [9.17, 15) is 4.21 Å². The Labute approximate surface area is 115 Å². The van der Waals surface area contributed by atoms with Crippen LogP contribution in [0.3, 0.4) is 0 Å². The molecule has 0 spiro atoms. The van der Waals surface area contributed by atoms with Crippen LogP contribution in [-0.2, 0) is 10.8 Å². The van der Waals surface area contributed by atoms with Gasteiger partial charge in [-0.25, -0.2) is 0 Å². The van der Waals surface area contributed by atoms with Crippen LogP contribution in [0.4, 0.5) is 0 Å². The van der Waals surface area contributed by atoms with Gasteiger partial charge in [0.1, 0.15) is 0 Å². The fourth-order valence-corrected chi connectivity index (χ4v) is 3.67. The first-order valence-corrected chi connectivity index (χ1v) is 7.39. The molecule has 2 N–H and O–H groups in total. The molecule has 5 heteroatoms. The second kappa shape index (κ2) is 5.70. The molecule has 0 aliphatic rings. The number of halogens is 2. The van der Waals surface area contributed by atoms with Crippen LogP contribution in [-0.4, -0.2) is 16.0 Å². The molecule has 2 unspecified atom stereocenters. The lowest BCUT2D eigenvalue weighted by Gasteiger charge is -2.26. The molecule has 0 bridgehead atoms. The molecule has 0 aromatic heterocycles. The number of nitrogens with two attached hydrogens (primary N) is 1. The van der Waals surface area contributed by atoms with Crippen molar-refractivity contribution >= 4 is 34.0 Å². The summed E-state index contributed by atoms with van der Waals surface area (Å²) < 4.78 is 12.2. The van der Waals surface area contributed by atoms with Gasteiger partial charge in [0.05, 0.1) is 25.7 Å². The fraction of sp³-hybridized carbons (Fsp3) is 0.500. The summed E-state index contributed by atoms with van der Waals surface area (Å²) in [5.41, 5.74) is 5.92. The predicted molar refractivity (Wildman–Crippen MR) is 75.2 cm³/mol. The molecular formula is C12H17Cl2NOS. The predicted octanol–water partition coefficient (Wildman–Crippen LogP) is 3.47. The molecule has 0 fully saturated rings. The molecule has 0 heterocycles. The quantitative estimate of drug-likeness (QED) is 0.927. The molecule has 17 heavy (non-hydrogen) atoms. The fourth-order valence-electron chi connectivity index (χ4n) is 1.20. The second-order valence-electron chi connectivity index (χ2n) is 5.04. The monoisotopic (exact) mass is 293 g/mol. The zero-order chi connectivity index (χ0) is 13.2. The first-order valence-electron chi connectivity index (χ1n) is 5.31. The summed E-state index contributed by atoms with van der Waals surface area (Å²) in [5.74, 6) is 0.354. The van der Waals surface area contributed by atoms with Gasteiger partial charge in [-0.15, -0.1) is 0 Å². The van der Waals surface area contributed by atoms with Crippen LogP contribution in [0.5, 0.6) is 0 Å². The largest absolute Gasteiger partial charge is 0.326 e.